The monoisotopic (exact) mass is 309 g/mol. The van der Waals surface area contributed by atoms with Gasteiger partial charge in [-0.15, -0.1) is 0 Å². The summed E-state index contributed by atoms with van der Waals surface area (Å²) in [6.07, 6.45) is 0.334. The Kier molecular flexibility index (Phi) is 4.25. The predicted octanol–water partition coefficient (Wildman–Crippen LogP) is 3.69. The van der Waals surface area contributed by atoms with Gasteiger partial charge in [0, 0.05) is 17.1 Å². The molecule has 1 heterocycles. The second-order valence-electron chi connectivity index (χ2n) is 5.00. The molecular formula is C17H15N3OS. The number of amides is 1. The fourth-order valence-corrected chi connectivity index (χ4v) is 2.64. The molecule has 0 unspecified atom stereocenters. The number of nitrogens with zero attached hydrogens (tertiary/aromatic N) is 2. The van der Waals surface area contributed by atoms with Crippen molar-refractivity contribution in [3.05, 3.63) is 65.7 Å². The molecule has 0 radical (unpaired) electrons. The zero-order chi connectivity index (χ0) is 15.4. The van der Waals surface area contributed by atoms with Gasteiger partial charge in [-0.1, -0.05) is 60.2 Å². The van der Waals surface area contributed by atoms with Gasteiger partial charge >= 0.3 is 0 Å². The van der Waals surface area contributed by atoms with Crippen LogP contribution in [0.15, 0.2) is 54.6 Å². The van der Waals surface area contributed by atoms with E-state index in [2.05, 4.69) is 14.7 Å². The first-order chi connectivity index (χ1) is 10.7. The van der Waals surface area contributed by atoms with Crippen molar-refractivity contribution in [3.8, 4) is 11.4 Å². The third-order valence-electron chi connectivity index (χ3n) is 3.19. The van der Waals surface area contributed by atoms with E-state index in [1.54, 1.807) is 0 Å². The molecule has 5 heteroatoms. The smallest absolute Gasteiger partial charge is 0.230 e. The van der Waals surface area contributed by atoms with Crippen molar-refractivity contribution in [1.29, 1.82) is 0 Å². The zero-order valence-corrected chi connectivity index (χ0v) is 12.9. The maximum atomic E-state index is 12.0. The minimum Gasteiger partial charge on any atom is -0.300 e. The highest BCUT2D eigenvalue weighted by molar-refractivity contribution is 7.10. The second-order valence-corrected chi connectivity index (χ2v) is 5.75. The van der Waals surface area contributed by atoms with E-state index >= 15 is 0 Å². The van der Waals surface area contributed by atoms with E-state index in [9.17, 15) is 4.79 Å². The highest BCUT2D eigenvalue weighted by Crippen LogP contribution is 2.21. The lowest BCUT2D eigenvalue weighted by molar-refractivity contribution is -0.115. The van der Waals surface area contributed by atoms with Crippen molar-refractivity contribution in [2.24, 2.45) is 0 Å². The molecule has 0 atom stereocenters. The zero-order valence-electron chi connectivity index (χ0n) is 12.1. The molecule has 1 N–H and O–H groups in total. The van der Waals surface area contributed by atoms with Crippen molar-refractivity contribution >= 4 is 22.6 Å². The molecule has 1 aromatic heterocycles. The number of aryl methyl sites for hydroxylation is 1. The summed E-state index contributed by atoms with van der Waals surface area (Å²) in [7, 11) is 0. The molecule has 1 amide bonds. The summed E-state index contributed by atoms with van der Waals surface area (Å²) in [5, 5.41) is 3.32. The molecule has 0 saturated heterocycles. The Morgan fingerprint density at radius 2 is 1.82 bits per heavy atom. The standard InChI is InChI=1S/C17H15N3OS/c1-12-7-9-14(10-8-12)16-19-17(22-20-16)18-15(21)11-13-5-3-2-4-6-13/h2-10H,11H2,1H3,(H,18,19,20,21). The fraction of sp³-hybridized carbons (Fsp3) is 0.118. The summed E-state index contributed by atoms with van der Waals surface area (Å²) in [5.74, 6) is 0.554. The van der Waals surface area contributed by atoms with E-state index in [1.807, 2.05) is 61.5 Å². The Morgan fingerprint density at radius 3 is 2.55 bits per heavy atom. The molecule has 22 heavy (non-hydrogen) atoms. The van der Waals surface area contributed by atoms with Gasteiger partial charge in [0.2, 0.25) is 11.0 Å². The lowest BCUT2D eigenvalue weighted by Gasteiger charge is -2.01. The van der Waals surface area contributed by atoms with Crippen LogP contribution in [0.25, 0.3) is 11.4 Å². The van der Waals surface area contributed by atoms with E-state index in [1.165, 1.54) is 17.1 Å². The van der Waals surface area contributed by atoms with Crippen molar-refractivity contribution in [2.45, 2.75) is 13.3 Å². The van der Waals surface area contributed by atoms with Crippen LogP contribution in [-0.4, -0.2) is 15.3 Å². The normalized spacial score (nSPS) is 10.4. The van der Waals surface area contributed by atoms with Crippen LogP contribution < -0.4 is 5.32 Å². The summed E-state index contributed by atoms with van der Waals surface area (Å²) < 4.78 is 4.29. The third-order valence-corrected chi connectivity index (χ3v) is 3.82. The van der Waals surface area contributed by atoms with Gasteiger partial charge in [0.1, 0.15) is 0 Å². The largest absolute Gasteiger partial charge is 0.300 e. The molecular weight excluding hydrogens is 294 g/mol. The van der Waals surface area contributed by atoms with Crippen LogP contribution in [-0.2, 0) is 11.2 Å². The Labute approximate surface area is 133 Å². The maximum absolute atomic E-state index is 12.0. The highest BCUT2D eigenvalue weighted by Gasteiger charge is 2.10. The number of nitrogens with one attached hydrogen (secondary N) is 1. The molecule has 0 saturated carbocycles. The van der Waals surface area contributed by atoms with Gasteiger partial charge in [-0.05, 0) is 12.5 Å². The van der Waals surface area contributed by atoms with E-state index in [0.717, 1.165) is 11.1 Å². The number of hydrogen-bond acceptors (Lipinski definition) is 4. The predicted molar refractivity (Wildman–Crippen MR) is 88.9 cm³/mol. The number of carbonyl (C=O) groups is 1. The minimum atomic E-state index is -0.0854. The van der Waals surface area contributed by atoms with E-state index in [-0.39, 0.29) is 5.91 Å². The summed E-state index contributed by atoms with van der Waals surface area (Å²) in [6.45, 7) is 2.04. The lowest BCUT2D eigenvalue weighted by Crippen LogP contribution is -2.14. The van der Waals surface area contributed by atoms with Gasteiger partial charge in [0.25, 0.3) is 0 Å². The molecule has 110 valence electrons. The number of rotatable bonds is 4. The molecule has 3 aromatic rings. The molecule has 0 aliphatic rings. The van der Waals surface area contributed by atoms with E-state index < -0.39 is 0 Å². The van der Waals surface area contributed by atoms with Gasteiger partial charge < -0.3 is 5.32 Å². The van der Waals surface area contributed by atoms with Crippen LogP contribution in [0.5, 0.6) is 0 Å². The number of benzene rings is 2. The maximum Gasteiger partial charge on any atom is 0.230 e. The molecule has 0 aliphatic carbocycles. The van der Waals surface area contributed by atoms with Crippen LogP contribution in [0.4, 0.5) is 5.13 Å². The van der Waals surface area contributed by atoms with Gasteiger partial charge in [0.15, 0.2) is 5.82 Å². The summed E-state index contributed by atoms with van der Waals surface area (Å²) in [4.78, 5) is 16.4. The van der Waals surface area contributed by atoms with Crippen molar-refractivity contribution in [3.63, 3.8) is 0 Å². The van der Waals surface area contributed by atoms with Crippen LogP contribution >= 0.6 is 11.5 Å². The Balaban J connectivity index is 1.66. The van der Waals surface area contributed by atoms with Crippen LogP contribution in [0.3, 0.4) is 0 Å². The summed E-state index contributed by atoms with van der Waals surface area (Å²) in [6, 6.07) is 17.6. The van der Waals surface area contributed by atoms with Crippen LogP contribution in [0.2, 0.25) is 0 Å². The summed E-state index contributed by atoms with van der Waals surface area (Å²) >= 11 is 1.19. The van der Waals surface area contributed by atoms with Crippen LogP contribution in [0.1, 0.15) is 11.1 Å². The Bertz CT molecular complexity index is 766. The minimum absolute atomic E-state index is 0.0854. The Hall–Kier alpha value is -2.53. The molecule has 0 aliphatic heterocycles. The van der Waals surface area contributed by atoms with E-state index in [4.69, 9.17) is 0 Å². The lowest BCUT2D eigenvalue weighted by atomic mass is 10.1. The van der Waals surface area contributed by atoms with Gasteiger partial charge in [-0.3, -0.25) is 4.79 Å². The van der Waals surface area contributed by atoms with Gasteiger partial charge in [-0.2, -0.15) is 9.36 Å². The van der Waals surface area contributed by atoms with Gasteiger partial charge in [-0.25, -0.2) is 0 Å². The summed E-state index contributed by atoms with van der Waals surface area (Å²) in [5.41, 5.74) is 3.11. The average Bonchev–Trinajstić information content (AvgIpc) is 2.97. The first-order valence-electron chi connectivity index (χ1n) is 6.95. The number of aromatic nitrogens is 2. The topological polar surface area (TPSA) is 54.9 Å². The van der Waals surface area contributed by atoms with Crippen LogP contribution in [0, 0.1) is 6.92 Å². The molecule has 0 bridgehead atoms. The second kappa shape index (κ2) is 6.49. The first kappa shape index (κ1) is 14.4. The fourth-order valence-electron chi connectivity index (χ4n) is 2.04. The average molecular weight is 309 g/mol. The van der Waals surface area contributed by atoms with Crippen molar-refractivity contribution in [1.82, 2.24) is 9.36 Å². The Morgan fingerprint density at radius 1 is 1.09 bits per heavy atom. The molecule has 3 rings (SSSR count). The van der Waals surface area contributed by atoms with Gasteiger partial charge in [0.05, 0.1) is 6.42 Å². The van der Waals surface area contributed by atoms with E-state index in [0.29, 0.717) is 17.4 Å². The molecule has 2 aromatic carbocycles. The highest BCUT2D eigenvalue weighted by atomic mass is 32.1. The quantitative estimate of drug-likeness (QED) is 0.799. The molecule has 4 nitrogen and oxygen atoms in total. The molecule has 0 fully saturated rings. The number of anilines is 1. The molecule has 0 spiro atoms. The number of carbonyl (C=O) groups excluding carboxylic acids is 1. The van der Waals surface area contributed by atoms with Crippen molar-refractivity contribution in [2.75, 3.05) is 5.32 Å². The number of hydrogen-bond donors (Lipinski definition) is 1. The first-order valence-corrected chi connectivity index (χ1v) is 7.72. The SMILES string of the molecule is Cc1ccc(-c2nsc(NC(=O)Cc3ccccc3)n2)cc1. The third kappa shape index (κ3) is 3.56. The van der Waals surface area contributed by atoms with Crippen molar-refractivity contribution < 1.29 is 4.79 Å².